The second-order valence-corrected chi connectivity index (χ2v) is 8.57. The van der Waals surface area contributed by atoms with Crippen LogP contribution >= 0.6 is 11.6 Å². The second kappa shape index (κ2) is 8.28. The molecule has 0 spiro atoms. The lowest BCUT2D eigenvalue weighted by molar-refractivity contribution is -0.130. The average Bonchev–Trinajstić information content (AvgIpc) is 3.36. The molecule has 0 radical (unpaired) electrons. The van der Waals surface area contributed by atoms with Gasteiger partial charge >= 0.3 is 0 Å². The molecule has 0 atom stereocenters. The average molecular weight is 446 g/mol. The molecule has 0 unspecified atom stereocenters. The van der Waals surface area contributed by atoms with Gasteiger partial charge in [-0.3, -0.25) is 4.79 Å². The third kappa shape index (κ3) is 3.71. The summed E-state index contributed by atoms with van der Waals surface area (Å²) >= 11 is 6.01. The van der Waals surface area contributed by atoms with Crippen LogP contribution < -0.4 is 0 Å². The van der Waals surface area contributed by atoms with E-state index in [0.717, 1.165) is 40.1 Å². The van der Waals surface area contributed by atoms with Gasteiger partial charge in [0.1, 0.15) is 5.65 Å². The Morgan fingerprint density at radius 3 is 2.75 bits per heavy atom. The van der Waals surface area contributed by atoms with Crippen LogP contribution in [0.2, 0.25) is 5.02 Å². The van der Waals surface area contributed by atoms with Crippen LogP contribution in [0.1, 0.15) is 28.9 Å². The summed E-state index contributed by atoms with van der Waals surface area (Å²) in [5.41, 5.74) is 7.12. The molecule has 1 N–H and O–H groups in total. The highest BCUT2D eigenvalue weighted by molar-refractivity contribution is 6.30. The zero-order valence-corrected chi connectivity index (χ0v) is 18.9. The maximum absolute atomic E-state index is 13.1. The van der Waals surface area contributed by atoms with Crippen LogP contribution in [0, 0.1) is 13.8 Å². The number of aromatic nitrogens is 4. The van der Waals surface area contributed by atoms with E-state index in [4.69, 9.17) is 11.6 Å². The van der Waals surface area contributed by atoms with Crippen LogP contribution in [0.25, 0.3) is 22.3 Å². The number of fused-ring (bicyclic) bond motifs is 1. The van der Waals surface area contributed by atoms with Crippen LogP contribution in [0.15, 0.2) is 54.9 Å². The molecule has 1 aliphatic heterocycles. The Hall–Kier alpha value is -3.38. The number of pyridine rings is 1. The zero-order valence-electron chi connectivity index (χ0n) is 18.1. The van der Waals surface area contributed by atoms with Gasteiger partial charge in [-0.25, -0.2) is 9.67 Å². The molecular formula is C25H24ClN5O. The maximum Gasteiger partial charge on any atom is 0.227 e. The number of carbonyl (C=O) groups excluding carboxylic acids is 1. The molecule has 0 aliphatic carbocycles. The molecule has 1 aromatic carbocycles. The maximum atomic E-state index is 13.1. The number of nitrogens with zero attached hydrogens (tertiary/aromatic N) is 4. The Bertz CT molecular complexity index is 1330. The van der Waals surface area contributed by atoms with Crippen molar-refractivity contribution < 1.29 is 4.79 Å². The van der Waals surface area contributed by atoms with Crippen LogP contribution in [0.5, 0.6) is 0 Å². The molecule has 5 rings (SSSR count). The van der Waals surface area contributed by atoms with E-state index < -0.39 is 0 Å². The number of aryl methyl sites for hydroxylation is 1. The monoisotopic (exact) mass is 445 g/mol. The normalized spacial score (nSPS) is 14.1. The number of halogens is 1. The SMILES string of the molecule is Cc1nn(-c2ccc(Cl)cc2)c(C)c1CC(=O)N1CC=C(c2c[nH]c3ncccc23)CC1. The fourth-order valence-electron chi connectivity index (χ4n) is 4.39. The first kappa shape index (κ1) is 20.5. The summed E-state index contributed by atoms with van der Waals surface area (Å²) < 4.78 is 1.88. The largest absolute Gasteiger partial charge is 0.346 e. The standard InChI is InChI=1S/C25H24ClN5O/c1-16-22(17(2)31(29-16)20-7-5-19(26)6-8-20)14-24(32)30-12-9-18(10-13-30)23-15-28-25-21(23)4-3-11-27-25/h3-9,11,15H,10,12-14H2,1-2H3,(H,27,28). The number of hydrogen-bond donors (Lipinski definition) is 1. The van der Waals surface area contributed by atoms with E-state index in [1.165, 1.54) is 11.1 Å². The number of amides is 1. The van der Waals surface area contributed by atoms with Crippen molar-refractivity contribution in [2.45, 2.75) is 26.7 Å². The lowest BCUT2D eigenvalue weighted by atomic mass is 9.99. The number of H-pyrrole nitrogens is 1. The van der Waals surface area contributed by atoms with Gasteiger partial charge in [0.2, 0.25) is 5.91 Å². The van der Waals surface area contributed by atoms with E-state index in [-0.39, 0.29) is 5.91 Å². The number of hydrogen-bond acceptors (Lipinski definition) is 3. The topological polar surface area (TPSA) is 66.8 Å². The molecular weight excluding hydrogens is 422 g/mol. The summed E-state index contributed by atoms with van der Waals surface area (Å²) in [4.78, 5) is 22.6. The van der Waals surface area contributed by atoms with E-state index in [1.807, 2.05) is 60.0 Å². The van der Waals surface area contributed by atoms with Crippen molar-refractivity contribution in [3.8, 4) is 5.69 Å². The van der Waals surface area contributed by atoms with Gasteiger partial charge in [0, 0.05) is 52.7 Å². The Balaban J connectivity index is 1.32. The third-order valence-electron chi connectivity index (χ3n) is 6.20. The Labute approximate surface area is 191 Å². The van der Waals surface area contributed by atoms with Gasteiger partial charge in [0.15, 0.2) is 0 Å². The first-order chi connectivity index (χ1) is 15.5. The Morgan fingerprint density at radius 2 is 2.00 bits per heavy atom. The van der Waals surface area contributed by atoms with Gasteiger partial charge in [-0.05, 0) is 62.2 Å². The van der Waals surface area contributed by atoms with E-state index >= 15 is 0 Å². The van der Waals surface area contributed by atoms with Gasteiger partial charge in [0.05, 0.1) is 17.8 Å². The van der Waals surface area contributed by atoms with Crippen molar-refractivity contribution in [2.24, 2.45) is 0 Å². The number of nitrogens with one attached hydrogen (secondary N) is 1. The lowest BCUT2D eigenvalue weighted by Gasteiger charge is -2.26. The predicted molar refractivity (Wildman–Crippen MR) is 127 cm³/mol. The van der Waals surface area contributed by atoms with E-state index in [1.54, 1.807) is 6.20 Å². The molecule has 0 bridgehead atoms. The zero-order chi connectivity index (χ0) is 22.2. The van der Waals surface area contributed by atoms with Gasteiger partial charge in [-0.2, -0.15) is 5.10 Å². The number of benzene rings is 1. The van der Waals surface area contributed by atoms with E-state index in [9.17, 15) is 4.79 Å². The molecule has 0 fully saturated rings. The van der Waals surface area contributed by atoms with E-state index in [2.05, 4.69) is 27.2 Å². The number of aromatic amines is 1. The van der Waals surface area contributed by atoms with Crippen molar-refractivity contribution in [1.82, 2.24) is 24.6 Å². The fraction of sp³-hybridized carbons (Fsp3) is 0.240. The van der Waals surface area contributed by atoms with Gasteiger partial charge in [-0.1, -0.05) is 17.7 Å². The van der Waals surface area contributed by atoms with Crippen LogP contribution in [-0.2, 0) is 11.2 Å². The second-order valence-electron chi connectivity index (χ2n) is 8.14. The molecule has 4 heterocycles. The van der Waals surface area contributed by atoms with Crippen molar-refractivity contribution >= 4 is 34.1 Å². The quantitative estimate of drug-likeness (QED) is 0.487. The smallest absolute Gasteiger partial charge is 0.227 e. The predicted octanol–water partition coefficient (Wildman–Crippen LogP) is 4.88. The van der Waals surface area contributed by atoms with Crippen molar-refractivity contribution in [1.29, 1.82) is 0 Å². The molecule has 4 aromatic rings. The molecule has 0 saturated carbocycles. The highest BCUT2D eigenvalue weighted by atomic mass is 35.5. The summed E-state index contributed by atoms with van der Waals surface area (Å²) in [6.45, 7) is 5.29. The van der Waals surface area contributed by atoms with E-state index in [0.29, 0.717) is 24.5 Å². The van der Waals surface area contributed by atoms with Crippen LogP contribution in [0.3, 0.4) is 0 Å². The molecule has 6 nitrogen and oxygen atoms in total. The fourth-order valence-corrected chi connectivity index (χ4v) is 4.52. The number of rotatable bonds is 4. The Kier molecular flexibility index (Phi) is 5.31. The minimum Gasteiger partial charge on any atom is -0.346 e. The first-order valence-electron chi connectivity index (χ1n) is 10.7. The van der Waals surface area contributed by atoms with Crippen molar-refractivity contribution in [3.63, 3.8) is 0 Å². The molecule has 3 aromatic heterocycles. The molecule has 32 heavy (non-hydrogen) atoms. The molecule has 162 valence electrons. The molecule has 1 amide bonds. The van der Waals surface area contributed by atoms with Gasteiger partial charge < -0.3 is 9.88 Å². The van der Waals surface area contributed by atoms with Crippen LogP contribution in [-0.4, -0.2) is 43.6 Å². The lowest BCUT2D eigenvalue weighted by Crippen LogP contribution is -2.35. The van der Waals surface area contributed by atoms with Crippen LogP contribution in [0.4, 0.5) is 0 Å². The molecule has 0 saturated heterocycles. The van der Waals surface area contributed by atoms with Gasteiger partial charge in [-0.15, -0.1) is 0 Å². The van der Waals surface area contributed by atoms with Crippen molar-refractivity contribution in [2.75, 3.05) is 13.1 Å². The summed E-state index contributed by atoms with van der Waals surface area (Å²) in [5.74, 6) is 0.128. The Morgan fingerprint density at radius 1 is 1.19 bits per heavy atom. The number of carbonyl (C=O) groups is 1. The highest BCUT2D eigenvalue weighted by Gasteiger charge is 2.22. The highest BCUT2D eigenvalue weighted by Crippen LogP contribution is 2.29. The summed E-state index contributed by atoms with van der Waals surface area (Å²) in [6.07, 6.45) is 7.14. The third-order valence-corrected chi connectivity index (χ3v) is 6.45. The summed E-state index contributed by atoms with van der Waals surface area (Å²) in [7, 11) is 0. The first-order valence-corrected chi connectivity index (χ1v) is 11.1. The molecule has 7 heteroatoms. The van der Waals surface area contributed by atoms with Crippen molar-refractivity contribution in [3.05, 3.63) is 82.4 Å². The summed E-state index contributed by atoms with van der Waals surface area (Å²) in [6, 6.07) is 11.6. The minimum absolute atomic E-state index is 0.128. The van der Waals surface area contributed by atoms with Gasteiger partial charge in [0.25, 0.3) is 0 Å². The summed E-state index contributed by atoms with van der Waals surface area (Å²) in [5, 5.41) is 6.48. The molecule has 1 aliphatic rings. The minimum atomic E-state index is 0.128.